The third kappa shape index (κ3) is 3.79. The van der Waals surface area contributed by atoms with Gasteiger partial charge in [-0.15, -0.1) is 0 Å². The van der Waals surface area contributed by atoms with Crippen LogP contribution in [0.3, 0.4) is 0 Å². The summed E-state index contributed by atoms with van der Waals surface area (Å²) in [5.74, 6) is 0.216. The van der Waals surface area contributed by atoms with Gasteiger partial charge >= 0.3 is 5.97 Å². The van der Waals surface area contributed by atoms with Gasteiger partial charge in [-0.05, 0) is 23.8 Å². The molecular weight excluding hydrogens is 302 g/mol. The average Bonchev–Trinajstić information content (AvgIpc) is 2.56. The highest BCUT2D eigenvalue weighted by Gasteiger charge is 2.49. The highest BCUT2D eigenvalue weighted by molar-refractivity contribution is 5.77. The quantitative estimate of drug-likeness (QED) is 0.757. The SMILES string of the molecule is CO[C@@H](C(=O)O[C@]1(C#N)C[C@H](C)CC[C@H]1C(C)C)c1ccccc1. The van der Waals surface area contributed by atoms with E-state index in [1.807, 2.05) is 30.3 Å². The van der Waals surface area contributed by atoms with Crippen molar-refractivity contribution in [1.29, 1.82) is 5.26 Å². The van der Waals surface area contributed by atoms with Gasteiger partial charge in [0.05, 0.1) is 0 Å². The normalized spacial score (nSPS) is 28.2. The van der Waals surface area contributed by atoms with Crippen molar-refractivity contribution >= 4 is 5.97 Å². The van der Waals surface area contributed by atoms with Gasteiger partial charge in [-0.1, -0.05) is 57.5 Å². The molecule has 0 bridgehead atoms. The summed E-state index contributed by atoms with van der Waals surface area (Å²) in [5.41, 5.74) is -0.322. The molecule has 1 aliphatic carbocycles. The first kappa shape index (κ1) is 18.5. The Kier molecular flexibility index (Phi) is 6.01. The van der Waals surface area contributed by atoms with E-state index in [0.29, 0.717) is 12.3 Å². The maximum absolute atomic E-state index is 12.8. The van der Waals surface area contributed by atoms with Crippen molar-refractivity contribution in [2.45, 2.75) is 51.7 Å². The Bertz CT molecular complexity index is 593. The first-order valence-corrected chi connectivity index (χ1v) is 8.65. The lowest BCUT2D eigenvalue weighted by molar-refractivity contribution is -0.178. The number of methoxy groups -OCH3 is 1. The Morgan fingerprint density at radius 1 is 1.29 bits per heavy atom. The molecule has 2 rings (SSSR count). The van der Waals surface area contributed by atoms with Gasteiger partial charge in [0.1, 0.15) is 6.07 Å². The number of nitriles is 1. The molecule has 0 saturated heterocycles. The Labute approximate surface area is 144 Å². The lowest BCUT2D eigenvalue weighted by Gasteiger charge is -2.43. The fourth-order valence-corrected chi connectivity index (χ4v) is 3.84. The third-order valence-corrected chi connectivity index (χ3v) is 5.05. The van der Waals surface area contributed by atoms with Crippen LogP contribution in [0.25, 0.3) is 0 Å². The second kappa shape index (κ2) is 7.81. The molecule has 24 heavy (non-hydrogen) atoms. The molecule has 0 spiro atoms. The van der Waals surface area contributed by atoms with E-state index in [1.54, 1.807) is 0 Å². The predicted molar refractivity (Wildman–Crippen MR) is 92.0 cm³/mol. The molecule has 0 aromatic heterocycles. The molecule has 4 heteroatoms. The summed E-state index contributed by atoms with van der Waals surface area (Å²) in [5, 5.41) is 9.88. The number of rotatable bonds is 5. The molecule has 1 saturated carbocycles. The molecule has 4 atom stereocenters. The first-order valence-electron chi connectivity index (χ1n) is 8.65. The van der Waals surface area contributed by atoms with E-state index in [-0.39, 0.29) is 11.8 Å². The molecule has 0 aliphatic heterocycles. The number of benzene rings is 1. The van der Waals surface area contributed by atoms with Crippen molar-refractivity contribution in [2.75, 3.05) is 7.11 Å². The van der Waals surface area contributed by atoms with Crippen LogP contribution in [-0.2, 0) is 14.3 Å². The molecule has 0 amide bonds. The second-order valence-corrected chi connectivity index (χ2v) is 7.19. The number of hydrogen-bond donors (Lipinski definition) is 0. The van der Waals surface area contributed by atoms with Crippen LogP contribution in [0.15, 0.2) is 30.3 Å². The van der Waals surface area contributed by atoms with Gasteiger partial charge in [0.25, 0.3) is 0 Å². The van der Waals surface area contributed by atoms with Crippen molar-refractivity contribution in [1.82, 2.24) is 0 Å². The van der Waals surface area contributed by atoms with Crippen molar-refractivity contribution in [3.8, 4) is 6.07 Å². The van der Waals surface area contributed by atoms with Crippen LogP contribution in [0, 0.1) is 29.1 Å². The summed E-state index contributed by atoms with van der Waals surface area (Å²) in [6, 6.07) is 11.6. The lowest BCUT2D eigenvalue weighted by Crippen LogP contribution is -2.48. The largest absolute Gasteiger partial charge is 0.441 e. The molecule has 4 nitrogen and oxygen atoms in total. The Morgan fingerprint density at radius 3 is 2.50 bits per heavy atom. The van der Waals surface area contributed by atoms with Gasteiger partial charge in [0.2, 0.25) is 5.60 Å². The molecule has 0 N–H and O–H groups in total. The van der Waals surface area contributed by atoms with Crippen LogP contribution >= 0.6 is 0 Å². The van der Waals surface area contributed by atoms with Crippen LogP contribution in [0.5, 0.6) is 0 Å². The number of ether oxygens (including phenoxy) is 2. The highest BCUT2D eigenvalue weighted by atomic mass is 16.6. The Morgan fingerprint density at radius 2 is 1.96 bits per heavy atom. The molecule has 1 aromatic carbocycles. The zero-order valence-corrected chi connectivity index (χ0v) is 15.0. The van der Waals surface area contributed by atoms with Crippen molar-refractivity contribution < 1.29 is 14.3 Å². The van der Waals surface area contributed by atoms with Crippen molar-refractivity contribution in [3.63, 3.8) is 0 Å². The summed E-state index contributed by atoms with van der Waals surface area (Å²) >= 11 is 0. The van der Waals surface area contributed by atoms with E-state index in [2.05, 4.69) is 26.8 Å². The second-order valence-electron chi connectivity index (χ2n) is 7.19. The van der Waals surface area contributed by atoms with E-state index < -0.39 is 17.7 Å². The summed E-state index contributed by atoms with van der Waals surface area (Å²) in [4.78, 5) is 12.8. The first-order chi connectivity index (χ1) is 11.4. The Balaban J connectivity index is 2.27. The van der Waals surface area contributed by atoms with Gasteiger partial charge in [0, 0.05) is 19.4 Å². The van der Waals surface area contributed by atoms with E-state index in [9.17, 15) is 10.1 Å². The van der Waals surface area contributed by atoms with Crippen LogP contribution in [0.4, 0.5) is 0 Å². The van der Waals surface area contributed by atoms with Crippen molar-refractivity contribution in [3.05, 3.63) is 35.9 Å². The van der Waals surface area contributed by atoms with E-state index in [0.717, 1.165) is 18.4 Å². The molecule has 1 aliphatic rings. The van der Waals surface area contributed by atoms with Crippen molar-refractivity contribution in [2.24, 2.45) is 17.8 Å². The van der Waals surface area contributed by atoms with Gasteiger partial charge in [-0.2, -0.15) is 5.26 Å². The summed E-state index contributed by atoms with van der Waals surface area (Å²) in [6.07, 6.45) is 1.75. The molecular formula is C20H27NO3. The van der Waals surface area contributed by atoms with E-state index in [4.69, 9.17) is 9.47 Å². The van der Waals surface area contributed by atoms with Crippen LogP contribution in [0.2, 0.25) is 0 Å². The van der Waals surface area contributed by atoms with Crippen LogP contribution < -0.4 is 0 Å². The molecule has 0 unspecified atom stereocenters. The molecule has 1 aromatic rings. The molecule has 1 fully saturated rings. The topological polar surface area (TPSA) is 59.3 Å². The number of esters is 1. The van der Waals surface area contributed by atoms with Gasteiger partial charge < -0.3 is 9.47 Å². The zero-order chi connectivity index (χ0) is 17.7. The number of carbonyl (C=O) groups is 1. The maximum atomic E-state index is 12.8. The van der Waals surface area contributed by atoms with Crippen LogP contribution in [-0.4, -0.2) is 18.7 Å². The van der Waals surface area contributed by atoms with E-state index >= 15 is 0 Å². The maximum Gasteiger partial charge on any atom is 0.341 e. The molecule has 0 heterocycles. The van der Waals surface area contributed by atoms with Gasteiger partial charge in [-0.3, -0.25) is 0 Å². The molecule has 130 valence electrons. The Hall–Kier alpha value is -1.86. The van der Waals surface area contributed by atoms with Gasteiger partial charge in [-0.25, -0.2) is 4.79 Å². The molecule has 0 radical (unpaired) electrons. The summed E-state index contributed by atoms with van der Waals surface area (Å²) in [6.45, 7) is 6.29. The van der Waals surface area contributed by atoms with Crippen LogP contribution in [0.1, 0.15) is 51.7 Å². The minimum atomic E-state index is -1.06. The predicted octanol–water partition coefficient (Wildman–Crippen LogP) is 4.27. The standard InChI is InChI=1S/C20H27NO3/c1-14(2)17-11-10-15(3)12-20(17,13-21)24-19(22)18(23-4)16-8-6-5-7-9-16/h5-9,14-15,17-18H,10-12H2,1-4H3/t15-,17+,18-,20+/m1/s1. The fourth-order valence-electron chi connectivity index (χ4n) is 3.84. The lowest BCUT2D eigenvalue weighted by atomic mass is 9.67. The minimum absolute atomic E-state index is 0.0518. The highest BCUT2D eigenvalue weighted by Crippen LogP contribution is 2.44. The van der Waals surface area contributed by atoms with E-state index in [1.165, 1.54) is 7.11 Å². The number of carbonyl (C=O) groups excluding carboxylic acids is 1. The summed E-state index contributed by atoms with van der Waals surface area (Å²) in [7, 11) is 1.49. The smallest absolute Gasteiger partial charge is 0.341 e. The summed E-state index contributed by atoms with van der Waals surface area (Å²) < 4.78 is 11.2. The average molecular weight is 329 g/mol. The minimum Gasteiger partial charge on any atom is -0.441 e. The fraction of sp³-hybridized carbons (Fsp3) is 0.600. The number of hydrogen-bond acceptors (Lipinski definition) is 4. The third-order valence-electron chi connectivity index (χ3n) is 5.05. The monoisotopic (exact) mass is 329 g/mol. The number of nitrogens with zero attached hydrogens (tertiary/aromatic N) is 1. The van der Waals surface area contributed by atoms with Gasteiger partial charge in [0.15, 0.2) is 6.10 Å². The zero-order valence-electron chi connectivity index (χ0n) is 15.0.